The van der Waals surface area contributed by atoms with E-state index in [0.29, 0.717) is 6.10 Å². The van der Waals surface area contributed by atoms with Gasteiger partial charge in [-0.05, 0) is 55.9 Å². The van der Waals surface area contributed by atoms with E-state index in [1.165, 1.54) is 12.8 Å². The Bertz CT molecular complexity index is 417. The van der Waals surface area contributed by atoms with E-state index in [9.17, 15) is 0 Å². The van der Waals surface area contributed by atoms with Gasteiger partial charge in [0.25, 0.3) is 0 Å². The SMILES string of the molecule is CC1CCC(Oc2ccc(C#CCO)cc2)CC1. The van der Waals surface area contributed by atoms with Crippen molar-refractivity contribution in [1.29, 1.82) is 0 Å². The molecule has 2 rings (SSSR count). The van der Waals surface area contributed by atoms with Crippen LogP contribution in [0.3, 0.4) is 0 Å². The highest BCUT2D eigenvalue weighted by molar-refractivity contribution is 5.38. The molecule has 0 aliphatic heterocycles. The predicted octanol–water partition coefficient (Wildman–Crippen LogP) is 2.99. The summed E-state index contributed by atoms with van der Waals surface area (Å²) in [6.45, 7) is 2.21. The first-order valence-corrected chi connectivity index (χ1v) is 6.64. The average molecular weight is 244 g/mol. The van der Waals surface area contributed by atoms with Crippen LogP contribution in [-0.2, 0) is 0 Å². The van der Waals surface area contributed by atoms with Gasteiger partial charge in [0.2, 0.25) is 0 Å². The van der Waals surface area contributed by atoms with Crippen molar-refractivity contribution in [1.82, 2.24) is 0 Å². The Morgan fingerprint density at radius 1 is 1.17 bits per heavy atom. The maximum Gasteiger partial charge on any atom is 0.119 e. The van der Waals surface area contributed by atoms with Gasteiger partial charge in [0.15, 0.2) is 0 Å². The molecule has 2 nitrogen and oxygen atoms in total. The second kappa shape index (κ2) is 6.47. The summed E-state index contributed by atoms with van der Waals surface area (Å²) in [5, 5.41) is 8.62. The molecule has 1 aliphatic rings. The topological polar surface area (TPSA) is 29.5 Å². The number of hydrogen-bond donors (Lipinski definition) is 1. The quantitative estimate of drug-likeness (QED) is 0.810. The van der Waals surface area contributed by atoms with E-state index in [1.807, 2.05) is 24.3 Å². The lowest BCUT2D eigenvalue weighted by atomic mass is 9.89. The van der Waals surface area contributed by atoms with E-state index in [1.54, 1.807) is 0 Å². The average Bonchev–Trinajstić information content (AvgIpc) is 2.41. The summed E-state index contributed by atoms with van der Waals surface area (Å²) in [6.07, 6.45) is 5.23. The normalized spacial score (nSPS) is 23.0. The van der Waals surface area contributed by atoms with E-state index in [0.717, 1.165) is 30.1 Å². The number of aliphatic hydroxyl groups is 1. The van der Waals surface area contributed by atoms with Crippen molar-refractivity contribution in [3.63, 3.8) is 0 Å². The molecule has 2 heteroatoms. The zero-order valence-corrected chi connectivity index (χ0v) is 10.9. The second-order valence-electron chi connectivity index (χ2n) is 4.98. The number of aliphatic hydroxyl groups excluding tert-OH is 1. The lowest BCUT2D eigenvalue weighted by molar-refractivity contribution is 0.135. The Morgan fingerprint density at radius 3 is 2.44 bits per heavy atom. The molecule has 0 aromatic heterocycles. The van der Waals surface area contributed by atoms with E-state index >= 15 is 0 Å². The van der Waals surface area contributed by atoms with Gasteiger partial charge in [-0.15, -0.1) is 0 Å². The molecule has 0 heterocycles. The molecular weight excluding hydrogens is 224 g/mol. The molecule has 1 N–H and O–H groups in total. The molecule has 0 saturated heterocycles. The standard InChI is InChI=1S/C16H20O2/c1-13-4-8-15(9-5-13)18-16-10-6-14(7-11-16)3-2-12-17/h6-7,10-11,13,15,17H,4-5,8-9,12H2,1H3. The number of ether oxygens (including phenoxy) is 1. The van der Waals surface area contributed by atoms with E-state index in [4.69, 9.17) is 9.84 Å². The van der Waals surface area contributed by atoms with Crippen molar-refractivity contribution in [3.05, 3.63) is 29.8 Å². The molecule has 0 radical (unpaired) electrons. The third kappa shape index (κ3) is 3.78. The lowest BCUT2D eigenvalue weighted by Gasteiger charge is -2.26. The highest BCUT2D eigenvalue weighted by atomic mass is 16.5. The van der Waals surface area contributed by atoms with Gasteiger partial charge in [0.1, 0.15) is 12.4 Å². The minimum Gasteiger partial charge on any atom is -0.490 e. The molecule has 1 aliphatic carbocycles. The van der Waals surface area contributed by atoms with Crippen LogP contribution >= 0.6 is 0 Å². The molecule has 0 amide bonds. The molecule has 0 spiro atoms. The summed E-state index contributed by atoms with van der Waals surface area (Å²) in [4.78, 5) is 0. The van der Waals surface area contributed by atoms with Crippen LogP contribution in [0.25, 0.3) is 0 Å². The van der Waals surface area contributed by atoms with Crippen LogP contribution in [-0.4, -0.2) is 17.8 Å². The summed E-state index contributed by atoms with van der Waals surface area (Å²) < 4.78 is 5.97. The molecule has 1 aromatic rings. The highest BCUT2D eigenvalue weighted by Gasteiger charge is 2.19. The Morgan fingerprint density at radius 2 is 1.83 bits per heavy atom. The fraction of sp³-hybridized carbons (Fsp3) is 0.500. The number of benzene rings is 1. The second-order valence-corrected chi connectivity index (χ2v) is 4.98. The third-order valence-electron chi connectivity index (χ3n) is 3.43. The van der Waals surface area contributed by atoms with Gasteiger partial charge >= 0.3 is 0 Å². The molecule has 1 aromatic carbocycles. The van der Waals surface area contributed by atoms with Gasteiger partial charge < -0.3 is 9.84 Å². The smallest absolute Gasteiger partial charge is 0.119 e. The molecule has 0 unspecified atom stereocenters. The molecular formula is C16H20O2. The van der Waals surface area contributed by atoms with Crippen molar-refractivity contribution in [2.24, 2.45) is 5.92 Å². The fourth-order valence-corrected chi connectivity index (χ4v) is 2.30. The van der Waals surface area contributed by atoms with Crippen LogP contribution in [0.1, 0.15) is 38.2 Å². The Balaban J connectivity index is 1.90. The van der Waals surface area contributed by atoms with Crippen LogP contribution < -0.4 is 4.74 Å². The van der Waals surface area contributed by atoms with E-state index < -0.39 is 0 Å². The van der Waals surface area contributed by atoms with E-state index in [-0.39, 0.29) is 6.61 Å². The monoisotopic (exact) mass is 244 g/mol. The van der Waals surface area contributed by atoms with Crippen molar-refractivity contribution < 1.29 is 9.84 Å². The van der Waals surface area contributed by atoms with Gasteiger partial charge in [-0.2, -0.15) is 0 Å². The first-order chi connectivity index (χ1) is 8.78. The zero-order chi connectivity index (χ0) is 12.8. The van der Waals surface area contributed by atoms with Gasteiger partial charge in [-0.3, -0.25) is 0 Å². The molecule has 1 fully saturated rings. The maximum absolute atomic E-state index is 8.62. The van der Waals surface area contributed by atoms with E-state index in [2.05, 4.69) is 18.8 Å². The van der Waals surface area contributed by atoms with Crippen LogP contribution in [0.2, 0.25) is 0 Å². The Kier molecular flexibility index (Phi) is 4.66. The molecule has 18 heavy (non-hydrogen) atoms. The molecule has 96 valence electrons. The summed E-state index contributed by atoms with van der Waals surface area (Å²) in [5.41, 5.74) is 0.911. The first-order valence-electron chi connectivity index (χ1n) is 6.64. The van der Waals surface area contributed by atoms with Crippen molar-refractivity contribution in [3.8, 4) is 17.6 Å². The number of rotatable bonds is 2. The van der Waals surface area contributed by atoms with Crippen molar-refractivity contribution in [2.75, 3.05) is 6.61 Å². The fourth-order valence-electron chi connectivity index (χ4n) is 2.30. The van der Waals surface area contributed by atoms with Gasteiger partial charge in [-0.25, -0.2) is 0 Å². The Hall–Kier alpha value is -1.46. The number of hydrogen-bond acceptors (Lipinski definition) is 2. The van der Waals surface area contributed by atoms with Crippen LogP contribution in [0.15, 0.2) is 24.3 Å². The lowest BCUT2D eigenvalue weighted by Crippen LogP contribution is -2.22. The van der Waals surface area contributed by atoms with Crippen molar-refractivity contribution in [2.45, 2.75) is 38.7 Å². The molecule has 0 atom stereocenters. The van der Waals surface area contributed by atoms with Crippen LogP contribution in [0.5, 0.6) is 5.75 Å². The van der Waals surface area contributed by atoms with Gasteiger partial charge in [0, 0.05) is 5.56 Å². The summed E-state index contributed by atoms with van der Waals surface area (Å²) in [6, 6.07) is 7.78. The largest absolute Gasteiger partial charge is 0.490 e. The van der Waals surface area contributed by atoms with Crippen LogP contribution in [0, 0.1) is 17.8 Å². The third-order valence-corrected chi connectivity index (χ3v) is 3.43. The maximum atomic E-state index is 8.62. The minimum absolute atomic E-state index is 0.0987. The first kappa shape index (κ1) is 13.0. The van der Waals surface area contributed by atoms with Crippen molar-refractivity contribution >= 4 is 0 Å². The molecule has 0 bridgehead atoms. The zero-order valence-electron chi connectivity index (χ0n) is 10.9. The summed E-state index contributed by atoms with van der Waals surface area (Å²) >= 11 is 0. The molecule has 1 saturated carbocycles. The minimum atomic E-state index is -0.0987. The van der Waals surface area contributed by atoms with Gasteiger partial charge in [-0.1, -0.05) is 18.8 Å². The van der Waals surface area contributed by atoms with Gasteiger partial charge in [0.05, 0.1) is 6.10 Å². The Labute approximate surface area is 109 Å². The highest BCUT2D eigenvalue weighted by Crippen LogP contribution is 2.27. The van der Waals surface area contributed by atoms with Crippen LogP contribution in [0.4, 0.5) is 0 Å². The predicted molar refractivity (Wildman–Crippen MR) is 72.5 cm³/mol. The summed E-state index contributed by atoms with van der Waals surface area (Å²) in [7, 11) is 0. The summed E-state index contributed by atoms with van der Waals surface area (Å²) in [5.74, 6) is 7.28.